The fraction of sp³-hybridized carbons (Fsp3) is 0.708. The first-order chi connectivity index (χ1) is 13.7. The number of ether oxygens (including phenoxy) is 2. The van der Waals surface area contributed by atoms with E-state index < -0.39 is 8.32 Å². The number of carbonyl (C=O) groups excluding carboxylic acids is 1. The number of carbonyl (C=O) groups is 1. The van der Waals surface area contributed by atoms with E-state index in [1.165, 1.54) is 12.5 Å². The van der Waals surface area contributed by atoms with E-state index in [4.69, 9.17) is 13.9 Å². The van der Waals surface area contributed by atoms with Crippen LogP contribution >= 0.6 is 0 Å². The van der Waals surface area contributed by atoms with E-state index in [0.29, 0.717) is 29.8 Å². The van der Waals surface area contributed by atoms with Gasteiger partial charge in [0.25, 0.3) is 0 Å². The highest BCUT2D eigenvalue weighted by atomic mass is 28.4. The molecule has 2 rings (SSSR count). The zero-order valence-electron chi connectivity index (χ0n) is 19.3. The van der Waals surface area contributed by atoms with Crippen LogP contribution in [0.15, 0.2) is 30.3 Å². The minimum atomic E-state index is -2.00. The summed E-state index contributed by atoms with van der Waals surface area (Å²) < 4.78 is 18.7. The Hall–Kier alpha value is -1.17. The molecule has 4 nitrogen and oxygen atoms in total. The third-order valence-corrected chi connectivity index (χ3v) is 12.6. The van der Waals surface area contributed by atoms with Gasteiger partial charge in [0.05, 0.1) is 19.3 Å². The maximum Gasteiger partial charge on any atom is 0.302 e. The molecule has 0 radical (unpaired) electrons. The average Bonchev–Trinajstić information content (AvgIpc) is 3.00. The molecule has 1 aromatic rings. The van der Waals surface area contributed by atoms with Gasteiger partial charge in [0.15, 0.2) is 0 Å². The Morgan fingerprint density at radius 1 is 1.00 bits per heavy atom. The second-order valence-corrected chi connectivity index (χ2v) is 14.8. The molecule has 3 atom stereocenters. The highest BCUT2D eigenvalue weighted by Gasteiger charge is 2.49. The van der Waals surface area contributed by atoms with Crippen molar-refractivity contribution in [3.8, 4) is 0 Å². The van der Waals surface area contributed by atoms with Crippen LogP contribution in [0.1, 0.15) is 66.9 Å². The van der Waals surface area contributed by atoms with Crippen LogP contribution in [0, 0.1) is 5.92 Å². The highest BCUT2D eigenvalue weighted by molar-refractivity contribution is 6.77. The summed E-state index contributed by atoms with van der Waals surface area (Å²) in [6.07, 6.45) is 1.62. The minimum absolute atomic E-state index is 0.0685. The fourth-order valence-corrected chi connectivity index (χ4v) is 10.9. The molecule has 1 aliphatic rings. The molecule has 1 aliphatic carbocycles. The van der Waals surface area contributed by atoms with E-state index in [1.54, 1.807) is 0 Å². The number of esters is 1. The van der Waals surface area contributed by atoms with Crippen molar-refractivity contribution >= 4 is 14.3 Å². The average molecular weight is 421 g/mol. The standard InChI is InChI=1S/C24H40O4Si/c1-17(2)29(18(3)4,19(5)6)28-24-14-23(27-20(7)25)13-22(24)16-26-15-21-11-9-8-10-12-21/h8-12,17-19,22-24H,13-16H2,1-7H3/t22-,23-,24+/m1/s1. The van der Waals surface area contributed by atoms with Gasteiger partial charge in [-0.3, -0.25) is 4.79 Å². The van der Waals surface area contributed by atoms with Crippen LogP contribution in [0.3, 0.4) is 0 Å². The van der Waals surface area contributed by atoms with Gasteiger partial charge in [0.1, 0.15) is 6.10 Å². The van der Waals surface area contributed by atoms with Crippen LogP contribution in [0.25, 0.3) is 0 Å². The Morgan fingerprint density at radius 2 is 1.59 bits per heavy atom. The van der Waals surface area contributed by atoms with Crippen molar-refractivity contribution in [3.05, 3.63) is 35.9 Å². The van der Waals surface area contributed by atoms with Crippen LogP contribution in [-0.4, -0.2) is 33.1 Å². The summed E-state index contributed by atoms with van der Waals surface area (Å²) in [4.78, 5) is 11.5. The molecule has 0 unspecified atom stereocenters. The lowest BCUT2D eigenvalue weighted by molar-refractivity contribution is -0.146. The Bertz CT molecular complexity index is 607. The van der Waals surface area contributed by atoms with E-state index in [9.17, 15) is 4.79 Å². The molecule has 0 N–H and O–H groups in total. The maximum atomic E-state index is 11.5. The molecule has 164 valence electrons. The summed E-state index contributed by atoms with van der Waals surface area (Å²) >= 11 is 0. The summed E-state index contributed by atoms with van der Waals surface area (Å²) in [5, 5.41) is 0. The second-order valence-electron chi connectivity index (χ2n) is 9.44. The number of hydrogen-bond donors (Lipinski definition) is 0. The lowest BCUT2D eigenvalue weighted by Crippen LogP contribution is -2.51. The Labute approximate surface area is 178 Å². The molecule has 0 saturated heterocycles. The third-order valence-electron chi connectivity index (χ3n) is 6.43. The molecule has 1 aromatic carbocycles. The van der Waals surface area contributed by atoms with Crippen molar-refractivity contribution in [2.75, 3.05) is 6.61 Å². The lowest BCUT2D eigenvalue weighted by Gasteiger charge is -2.45. The summed E-state index contributed by atoms with van der Waals surface area (Å²) in [6, 6.07) is 10.2. The second kappa shape index (κ2) is 10.7. The molecule has 0 spiro atoms. The summed E-state index contributed by atoms with van der Waals surface area (Å²) in [5.41, 5.74) is 2.76. The van der Waals surface area contributed by atoms with Gasteiger partial charge in [-0.2, -0.15) is 0 Å². The molecular formula is C24H40O4Si. The van der Waals surface area contributed by atoms with Gasteiger partial charge in [-0.15, -0.1) is 0 Å². The largest absolute Gasteiger partial charge is 0.462 e. The normalized spacial score (nSPS) is 22.6. The molecule has 0 aliphatic heterocycles. The summed E-state index contributed by atoms with van der Waals surface area (Å²) in [5.74, 6) is 0.0471. The minimum Gasteiger partial charge on any atom is -0.462 e. The van der Waals surface area contributed by atoms with Gasteiger partial charge in [-0.05, 0) is 28.6 Å². The SMILES string of the molecule is CC(=O)O[C@@H]1C[C@H](COCc2ccccc2)[C@@H](O[Si](C(C)C)(C(C)C)C(C)C)C1. The molecule has 5 heteroatoms. The van der Waals surface area contributed by atoms with Gasteiger partial charge in [-0.25, -0.2) is 0 Å². The number of benzene rings is 1. The van der Waals surface area contributed by atoms with Crippen molar-refractivity contribution in [1.29, 1.82) is 0 Å². The van der Waals surface area contributed by atoms with E-state index >= 15 is 0 Å². The van der Waals surface area contributed by atoms with Crippen molar-refractivity contribution in [2.45, 2.75) is 96.7 Å². The quantitative estimate of drug-likeness (QED) is 0.338. The Balaban J connectivity index is 2.12. The van der Waals surface area contributed by atoms with Crippen molar-refractivity contribution < 1.29 is 18.7 Å². The topological polar surface area (TPSA) is 44.8 Å². The smallest absolute Gasteiger partial charge is 0.302 e. The van der Waals surface area contributed by atoms with E-state index in [0.717, 1.165) is 12.8 Å². The van der Waals surface area contributed by atoms with Crippen molar-refractivity contribution in [1.82, 2.24) is 0 Å². The number of hydrogen-bond acceptors (Lipinski definition) is 4. The lowest BCUT2D eigenvalue weighted by atomic mass is 10.1. The predicted molar refractivity (Wildman–Crippen MR) is 120 cm³/mol. The zero-order chi connectivity index (χ0) is 21.6. The molecule has 0 bridgehead atoms. The van der Waals surface area contributed by atoms with Crippen LogP contribution in [0.2, 0.25) is 16.6 Å². The highest BCUT2D eigenvalue weighted by Crippen LogP contribution is 2.46. The molecule has 1 saturated carbocycles. The van der Waals surface area contributed by atoms with Gasteiger partial charge in [0, 0.05) is 19.3 Å². The molecule has 0 heterocycles. The molecular weight excluding hydrogens is 380 g/mol. The summed E-state index contributed by atoms with van der Waals surface area (Å²) in [7, 11) is -2.00. The van der Waals surface area contributed by atoms with Crippen molar-refractivity contribution in [2.24, 2.45) is 5.92 Å². The monoisotopic (exact) mass is 420 g/mol. The molecule has 29 heavy (non-hydrogen) atoms. The summed E-state index contributed by atoms with van der Waals surface area (Å²) in [6.45, 7) is 16.6. The van der Waals surface area contributed by atoms with Crippen LogP contribution in [-0.2, 0) is 25.3 Å². The Morgan fingerprint density at radius 3 is 2.10 bits per heavy atom. The number of rotatable bonds is 10. The zero-order valence-corrected chi connectivity index (χ0v) is 20.3. The molecule has 0 amide bonds. The Kier molecular flexibility index (Phi) is 8.92. The van der Waals surface area contributed by atoms with Crippen molar-refractivity contribution in [3.63, 3.8) is 0 Å². The fourth-order valence-electron chi connectivity index (χ4n) is 5.26. The first-order valence-corrected chi connectivity index (χ1v) is 13.3. The third kappa shape index (κ3) is 6.16. The molecule has 0 aromatic heterocycles. The van der Waals surface area contributed by atoms with Crippen LogP contribution in [0.5, 0.6) is 0 Å². The van der Waals surface area contributed by atoms with Crippen LogP contribution < -0.4 is 0 Å². The first kappa shape index (κ1) is 24.1. The van der Waals surface area contributed by atoms with Gasteiger partial charge >= 0.3 is 5.97 Å². The van der Waals surface area contributed by atoms with E-state index in [-0.39, 0.29) is 24.1 Å². The van der Waals surface area contributed by atoms with E-state index in [2.05, 4.69) is 53.7 Å². The maximum absolute atomic E-state index is 11.5. The molecule has 1 fully saturated rings. The van der Waals surface area contributed by atoms with E-state index in [1.807, 2.05) is 18.2 Å². The van der Waals surface area contributed by atoms with Gasteiger partial charge < -0.3 is 13.9 Å². The van der Waals surface area contributed by atoms with Gasteiger partial charge in [-0.1, -0.05) is 71.9 Å². The van der Waals surface area contributed by atoms with Crippen LogP contribution in [0.4, 0.5) is 0 Å². The van der Waals surface area contributed by atoms with Gasteiger partial charge in [0.2, 0.25) is 8.32 Å². The first-order valence-electron chi connectivity index (χ1n) is 11.1. The predicted octanol–water partition coefficient (Wildman–Crippen LogP) is 6.11.